The monoisotopic (exact) mass is 591 g/mol. The number of thiophene rings is 1. The van der Waals surface area contributed by atoms with E-state index in [1.54, 1.807) is 0 Å². The maximum Gasteiger partial charge on any atom is 0.164 e. The number of rotatable bonds is 4. The van der Waals surface area contributed by atoms with Gasteiger partial charge in [-0.05, 0) is 50.9 Å². The van der Waals surface area contributed by atoms with Crippen LogP contribution >= 0.6 is 11.3 Å². The minimum Gasteiger partial charge on any atom is -0.208 e. The van der Waals surface area contributed by atoms with Gasteiger partial charge in [0.2, 0.25) is 0 Å². The van der Waals surface area contributed by atoms with Crippen LogP contribution in [0.25, 0.3) is 87.0 Å². The largest absolute Gasteiger partial charge is 0.208 e. The molecule has 0 aliphatic heterocycles. The lowest BCUT2D eigenvalue weighted by Gasteiger charge is -2.12. The molecule has 0 bridgehead atoms. The minimum atomic E-state index is 0.661. The summed E-state index contributed by atoms with van der Waals surface area (Å²) in [5, 5.41) is 7.09. The molecule has 9 rings (SSSR count). The quantitative estimate of drug-likeness (QED) is 0.204. The van der Waals surface area contributed by atoms with Crippen LogP contribution in [0.2, 0.25) is 0 Å². The highest BCUT2D eigenvalue weighted by atomic mass is 32.1. The lowest BCUT2D eigenvalue weighted by Crippen LogP contribution is -2.01. The third-order valence-electron chi connectivity index (χ3n) is 8.51. The van der Waals surface area contributed by atoms with E-state index in [1.165, 1.54) is 42.1 Å². The van der Waals surface area contributed by atoms with Gasteiger partial charge in [0.25, 0.3) is 0 Å². The van der Waals surface area contributed by atoms with Crippen LogP contribution in [0.15, 0.2) is 152 Å². The number of fused-ring (bicyclic) bond motifs is 6. The Balaban J connectivity index is 1.32. The first kappa shape index (κ1) is 25.8. The number of nitrogens with zero attached hydrogens (tertiary/aromatic N) is 3. The van der Waals surface area contributed by atoms with Crippen molar-refractivity contribution in [3.63, 3.8) is 0 Å². The van der Waals surface area contributed by atoms with Crippen LogP contribution in [-0.2, 0) is 0 Å². The molecule has 0 spiro atoms. The molecule has 0 radical (unpaired) electrons. The molecular formula is C41H25N3S. The van der Waals surface area contributed by atoms with Crippen molar-refractivity contribution in [1.29, 1.82) is 0 Å². The highest BCUT2D eigenvalue weighted by Crippen LogP contribution is 2.44. The molecule has 0 saturated carbocycles. The van der Waals surface area contributed by atoms with Gasteiger partial charge in [-0.2, -0.15) is 0 Å². The summed E-state index contributed by atoms with van der Waals surface area (Å²) in [6.07, 6.45) is 0. The van der Waals surface area contributed by atoms with E-state index in [4.69, 9.17) is 15.0 Å². The van der Waals surface area contributed by atoms with E-state index in [-0.39, 0.29) is 0 Å². The molecule has 0 N–H and O–H groups in total. The Morgan fingerprint density at radius 2 is 1.00 bits per heavy atom. The van der Waals surface area contributed by atoms with Crippen molar-refractivity contribution >= 4 is 53.1 Å². The molecule has 2 heterocycles. The van der Waals surface area contributed by atoms with Crippen LogP contribution < -0.4 is 0 Å². The summed E-state index contributed by atoms with van der Waals surface area (Å²) < 4.78 is 2.51. The van der Waals surface area contributed by atoms with Crippen molar-refractivity contribution in [1.82, 2.24) is 15.0 Å². The SMILES string of the molecule is c1ccc(-c2ccc3c(-c4nc(-c5ccccc5)nc(-c5cc6ccccc6c6sc7ccccc7c56)n4)cccc3c2)cc1. The van der Waals surface area contributed by atoms with Gasteiger partial charge >= 0.3 is 0 Å². The van der Waals surface area contributed by atoms with Gasteiger partial charge in [-0.25, -0.2) is 15.0 Å². The van der Waals surface area contributed by atoms with Crippen molar-refractivity contribution < 1.29 is 0 Å². The summed E-state index contributed by atoms with van der Waals surface area (Å²) in [7, 11) is 0. The van der Waals surface area contributed by atoms with E-state index >= 15 is 0 Å². The average Bonchev–Trinajstić information content (AvgIpc) is 3.51. The van der Waals surface area contributed by atoms with E-state index in [9.17, 15) is 0 Å². The Morgan fingerprint density at radius 3 is 1.82 bits per heavy atom. The average molecular weight is 592 g/mol. The van der Waals surface area contributed by atoms with Crippen LogP contribution in [0.3, 0.4) is 0 Å². The molecule has 7 aromatic carbocycles. The summed E-state index contributed by atoms with van der Waals surface area (Å²) in [5.74, 6) is 2.00. The Kier molecular flexibility index (Phi) is 6.00. The molecule has 0 unspecified atom stereocenters. The molecule has 0 aliphatic carbocycles. The van der Waals surface area contributed by atoms with Crippen LogP contribution in [0, 0.1) is 0 Å². The van der Waals surface area contributed by atoms with Crippen LogP contribution in [-0.4, -0.2) is 15.0 Å². The van der Waals surface area contributed by atoms with E-state index in [2.05, 4.69) is 127 Å². The van der Waals surface area contributed by atoms with Crippen LogP contribution in [0.5, 0.6) is 0 Å². The second-order valence-corrected chi connectivity index (χ2v) is 12.3. The third-order valence-corrected chi connectivity index (χ3v) is 9.71. The fourth-order valence-electron chi connectivity index (χ4n) is 6.36. The predicted octanol–water partition coefficient (Wildman–Crippen LogP) is 11.2. The van der Waals surface area contributed by atoms with Crippen molar-refractivity contribution in [3.05, 3.63) is 152 Å². The van der Waals surface area contributed by atoms with Gasteiger partial charge in [0.05, 0.1) is 0 Å². The molecule has 3 nitrogen and oxygen atoms in total. The number of hydrogen-bond donors (Lipinski definition) is 0. The van der Waals surface area contributed by atoms with Crippen molar-refractivity contribution in [2.75, 3.05) is 0 Å². The highest BCUT2D eigenvalue weighted by Gasteiger charge is 2.19. The first-order valence-corrected chi connectivity index (χ1v) is 15.9. The Hall–Kier alpha value is -5.71. The van der Waals surface area contributed by atoms with Gasteiger partial charge in [-0.3, -0.25) is 0 Å². The normalized spacial score (nSPS) is 11.6. The number of benzene rings is 7. The lowest BCUT2D eigenvalue weighted by atomic mass is 9.98. The number of aromatic nitrogens is 3. The molecule has 210 valence electrons. The Morgan fingerprint density at radius 1 is 0.378 bits per heavy atom. The fraction of sp³-hybridized carbons (Fsp3) is 0. The van der Waals surface area contributed by atoms with E-state index in [0.717, 1.165) is 27.5 Å². The first-order chi connectivity index (χ1) is 22.3. The summed E-state index contributed by atoms with van der Waals surface area (Å²) in [6.45, 7) is 0. The molecule has 45 heavy (non-hydrogen) atoms. The zero-order chi connectivity index (χ0) is 29.7. The molecule has 4 heteroatoms. The van der Waals surface area contributed by atoms with Crippen LogP contribution in [0.4, 0.5) is 0 Å². The lowest BCUT2D eigenvalue weighted by molar-refractivity contribution is 1.08. The van der Waals surface area contributed by atoms with Gasteiger partial charge in [0.1, 0.15) is 0 Å². The van der Waals surface area contributed by atoms with E-state index < -0.39 is 0 Å². The number of hydrogen-bond acceptors (Lipinski definition) is 4. The van der Waals surface area contributed by atoms with Crippen molar-refractivity contribution in [2.45, 2.75) is 0 Å². The van der Waals surface area contributed by atoms with Gasteiger partial charge in [-0.15, -0.1) is 11.3 Å². The predicted molar refractivity (Wildman–Crippen MR) is 189 cm³/mol. The summed E-state index contributed by atoms with van der Waals surface area (Å²) in [5.41, 5.74) is 5.35. The van der Waals surface area contributed by atoms with Gasteiger partial charge in [0, 0.05) is 36.9 Å². The first-order valence-electron chi connectivity index (χ1n) is 15.0. The highest BCUT2D eigenvalue weighted by molar-refractivity contribution is 7.26. The molecule has 0 amide bonds. The maximum absolute atomic E-state index is 5.26. The molecular weight excluding hydrogens is 567 g/mol. The summed E-state index contributed by atoms with van der Waals surface area (Å²) in [6, 6.07) is 53.2. The Bertz CT molecular complexity index is 2540. The third kappa shape index (κ3) is 4.38. The standard InChI is InChI=1S/C41H25N3S/c1-3-12-26(13-4-1)28-22-23-31-29(24-28)17-11-20-33(31)40-42-39(27-14-5-2-6-15-27)43-41(44-40)35-25-30-16-7-8-18-32(30)38-37(35)34-19-9-10-21-36(34)45-38/h1-25H. The second-order valence-electron chi connectivity index (χ2n) is 11.2. The molecule has 0 fully saturated rings. The van der Waals surface area contributed by atoms with E-state index in [1.807, 2.05) is 35.6 Å². The van der Waals surface area contributed by atoms with Gasteiger partial charge in [-0.1, -0.05) is 133 Å². The summed E-state index contributed by atoms with van der Waals surface area (Å²) >= 11 is 1.83. The molecule has 2 aromatic heterocycles. The topological polar surface area (TPSA) is 38.7 Å². The molecule has 0 atom stereocenters. The molecule has 0 saturated heterocycles. The zero-order valence-electron chi connectivity index (χ0n) is 24.2. The van der Waals surface area contributed by atoms with Crippen LogP contribution in [0.1, 0.15) is 0 Å². The van der Waals surface area contributed by atoms with Gasteiger partial charge in [0.15, 0.2) is 17.5 Å². The molecule has 9 aromatic rings. The zero-order valence-corrected chi connectivity index (χ0v) is 25.0. The van der Waals surface area contributed by atoms with Crippen molar-refractivity contribution in [3.8, 4) is 45.3 Å². The smallest absolute Gasteiger partial charge is 0.164 e. The molecule has 0 aliphatic rings. The minimum absolute atomic E-state index is 0.661. The Labute approximate surface area is 264 Å². The second kappa shape index (κ2) is 10.5. The van der Waals surface area contributed by atoms with Crippen molar-refractivity contribution in [2.24, 2.45) is 0 Å². The fourth-order valence-corrected chi connectivity index (χ4v) is 7.62. The van der Waals surface area contributed by atoms with E-state index in [0.29, 0.717) is 17.5 Å². The van der Waals surface area contributed by atoms with Gasteiger partial charge < -0.3 is 0 Å². The summed E-state index contributed by atoms with van der Waals surface area (Å²) in [4.78, 5) is 15.5. The maximum atomic E-state index is 5.26.